The average molecular weight is 482 g/mol. The third-order valence-corrected chi connectivity index (χ3v) is 5.48. The van der Waals surface area contributed by atoms with Gasteiger partial charge in [0.05, 0.1) is 7.11 Å². The van der Waals surface area contributed by atoms with Gasteiger partial charge in [0, 0.05) is 18.6 Å². The molecule has 0 aliphatic rings. The van der Waals surface area contributed by atoms with Crippen LogP contribution in [0.5, 0.6) is 5.75 Å². The summed E-state index contributed by atoms with van der Waals surface area (Å²) in [5.41, 5.74) is 3.48. The maximum atomic E-state index is 10.9. The largest absolute Gasteiger partial charge is 0.496 e. The molecule has 2 nitrogen and oxygen atoms in total. The minimum absolute atomic E-state index is 0.604. The fourth-order valence-electron chi connectivity index (χ4n) is 2.36. The first-order valence-electron chi connectivity index (χ1n) is 6.33. The lowest BCUT2D eigenvalue weighted by molar-refractivity contribution is 0.212. The Morgan fingerprint density at radius 1 is 1.29 bits per heavy atom. The third kappa shape index (κ3) is 3.38. The van der Waals surface area contributed by atoms with Gasteiger partial charge >= 0.3 is 0 Å². The topological polar surface area (TPSA) is 29.5 Å². The van der Waals surface area contributed by atoms with Gasteiger partial charge in [0.1, 0.15) is 11.9 Å². The zero-order chi connectivity index (χ0) is 15.7. The lowest BCUT2D eigenvalue weighted by atomic mass is 9.94. The van der Waals surface area contributed by atoms with Crippen molar-refractivity contribution in [2.24, 2.45) is 0 Å². The van der Waals surface area contributed by atoms with Gasteiger partial charge in [0.2, 0.25) is 0 Å². The van der Waals surface area contributed by atoms with Crippen LogP contribution in [-0.2, 0) is 0 Å². The lowest BCUT2D eigenvalue weighted by Crippen LogP contribution is -2.08. The second-order valence-electron chi connectivity index (χ2n) is 4.82. The van der Waals surface area contributed by atoms with Crippen molar-refractivity contribution in [1.29, 1.82) is 0 Å². The number of hydrogen-bond acceptors (Lipinski definition) is 2. The van der Waals surface area contributed by atoms with Crippen LogP contribution in [0.1, 0.15) is 28.4 Å². The van der Waals surface area contributed by atoms with Crippen molar-refractivity contribution in [2.45, 2.75) is 20.0 Å². The van der Waals surface area contributed by atoms with E-state index in [-0.39, 0.29) is 0 Å². The Bertz CT molecular complexity index is 688. The summed E-state index contributed by atoms with van der Waals surface area (Å²) < 4.78 is 7.42. The third-order valence-electron chi connectivity index (χ3n) is 3.44. The lowest BCUT2D eigenvalue weighted by Gasteiger charge is -2.21. The summed E-state index contributed by atoms with van der Waals surface area (Å²) in [6, 6.07) is 7.50. The minimum Gasteiger partial charge on any atom is -0.496 e. The van der Waals surface area contributed by atoms with Gasteiger partial charge in [-0.1, -0.05) is 27.5 Å². The van der Waals surface area contributed by atoms with Crippen LogP contribution >= 0.6 is 50.1 Å². The van der Waals surface area contributed by atoms with Crippen LogP contribution in [0, 0.1) is 17.4 Å². The van der Waals surface area contributed by atoms with Crippen LogP contribution in [0.15, 0.2) is 28.7 Å². The molecular weight excluding hydrogens is 466 g/mol. The Morgan fingerprint density at radius 2 is 1.95 bits per heavy atom. The van der Waals surface area contributed by atoms with E-state index in [0.29, 0.717) is 10.8 Å². The van der Waals surface area contributed by atoms with Crippen molar-refractivity contribution in [3.05, 3.63) is 59.6 Å². The highest BCUT2D eigenvalue weighted by molar-refractivity contribution is 14.1. The molecule has 0 fully saturated rings. The normalized spacial score (nSPS) is 12.3. The summed E-state index contributed by atoms with van der Waals surface area (Å²) in [6.07, 6.45) is -0.790. The first kappa shape index (κ1) is 17.1. The highest BCUT2D eigenvalue weighted by Crippen LogP contribution is 2.40. The van der Waals surface area contributed by atoms with Crippen molar-refractivity contribution in [1.82, 2.24) is 0 Å². The molecule has 2 rings (SSSR count). The van der Waals surface area contributed by atoms with Gasteiger partial charge < -0.3 is 9.84 Å². The van der Waals surface area contributed by atoms with E-state index in [1.165, 1.54) is 0 Å². The number of methoxy groups -OCH3 is 1. The Labute approximate surface area is 151 Å². The number of aliphatic hydroxyl groups is 1. The van der Waals surface area contributed by atoms with E-state index in [1.807, 2.05) is 32.0 Å². The highest BCUT2D eigenvalue weighted by Gasteiger charge is 2.23. The second kappa shape index (κ2) is 6.86. The molecule has 0 saturated heterocycles. The first-order chi connectivity index (χ1) is 9.86. The van der Waals surface area contributed by atoms with Gasteiger partial charge in [-0.3, -0.25) is 0 Å². The summed E-state index contributed by atoms with van der Waals surface area (Å²) in [7, 11) is 1.62. The summed E-state index contributed by atoms with van der Waals surface area (Å²) in [4.78, 5) is 0. The molecule has 0 bridgehead atoms. The maximum absolute atomic E-state index is 10.9. The molecule has 0 aliphatic heterocycles. The molecule has 0 aliphatic carbocycles. The fourth-order valence-corrected chi connectivity index (χ4v) is 3.72. The molecule has 2 aromatic carbocycles. The van der Waals surface area contributed by atoms with E-state index < -0.39 is 6.10 Å². The van der Waals surface area contributed by atoms with Gasteiger partial charge in [-0.25, -0.2) is 0 Å². The SMILES string of the molecule is COc1c(C)cc(Br)c(C)c1C(O)c1cc(Cl)ccc1I. The number of hydrogen-bond donors (Lipinski definition) is 1. The Kier molecular flexibility index (Phi) is 5.57. The van der Waals surface area contributed by atoms with E-state index in [9.17, 15) is 5.11 Å². The summed E-state index contributed by atoms with van der Waals surface area (Å²) in [5.74, 6) is 0.707. The molecule has 0 heterocycles. The van der Waals surface area contributed by atoms with Crippen LogP contribution in [-0.4, -0.2) is 12.2 Å². The monoisotopic (exact) mass is 480 g/mol. The van der Waals surface area contributed by atoms with Gasteiger partial charge in [-0.05, 0) is 77.4 Å². The van der Waals surface area contributed by atoms with Crippen molar-refractivity contribution in [3.8, 4) is 5.75 Å². The van der Waals surface area contributed by atoms with E-state index in [0.717, 1.165) is 30.3 Å². The number of rotatable bonds is 3. The number of halogens is 3. The molecule has 1 N–H and O–H groups in total. The molecule has 0 aromatic heterocycles. The Hall–Kier alpha value is -0.300. The minimum atomic E-state index is -0.790. The summed E-state index contributed by atoms with van der Waals surface area (Å²) in [5, 5.41) is 11.5. The Morgan fingerprint density at radius 3 is 2.57 bits per heavy atom. The van der Waals surface area contributed by atoms with Gasteiger partial charge in [0.15, 0.2) is 0 Å². The standard InChI is InChI=1S/C16H15BrClIO2/c1-8-6-12(17)9(2)14(16(8)21-3)15(20)11-7-10(18)4-5-13(11)19/h4-7,15,20H,1-3H3. The smallest absolute Gasteiger partial charge is 0.128 e. The molecule has 1 atom stereocenters. The highest BCUT2D eigenvalue weighted by atomic mass is 127. The molecular formula is C16H15BrClIO2. The van der Waals surface area contributed by atoms with E-state index in [1.54, 1.807) is 13.2 Å². The molecule has 1 unspecified atom stereocenters. The van der Waals surface area contributed by atoms with Crippen LogP contribution in [0.2, 0.25) is 5.02 Å². The van der Waals surface area contributed by atoms with Crippen molar-refractivity contribution in [2.75, 3.05) is 7.11 Å². The van der Waals surface area contributed by atoms with Crippen molar-refractivity contribution in [3.63, 3.8) is 0 Å². The number of aryl methyl sites for hydroxylation is 1. The molecule has 5 heteroatoms. The maximum Gasteiger partial charge on any atom is 0.128 e. The van der Waals surface area contributed by atoms with E-state index in [4.69, 9.17) is 16.3 Å². The zero-order valence-electron chi connectivity index (χ0n) is 11.9. The zero-order valence-corrected chi connectivity index (χ0v) is 16.4. The van der Waals surface area contributed by atoms with E-state index >= 15 is 0 Å². The van der Waals surface area contributed by atoms with Crippen LogP contribution in [0.25, 0.3) is 0 Å². The molecule has 0 radical (unpaired) electrons. The quantitative estimate of drug-likeness (QED) is 0.594. The molecule has 0 amide bonds. The Balaban J connectivity index is 2.68. The first-order valence-corrected chi connectivity index (χ1v) is 8.58. The number of ether oxygens (including phenoxy) is 1. The van der Waals surface area contributed by atoms with Crippen LogP contribution in [0.4, 0.5) is 0 Å². The molecule has 0 saturated carbocycles. The van der Waals surface area contributed by atoms with Gasteiger partial charge in [0.25, 0.3) is 0 Å². The molecule has 2 aromatic rings. The number of aliphatic hydroxyl groups excluding tert-OH is 1. The summed E-state index contributed by atoms with van der Waals surface area (Å²) >= 11 is 11.8. The molecule has 0 spiro atoms. The predicted molar refractivity (Wildman–Crippen MR) is 98.4 cm³/mol. The molecule has 112 valence electrons. The van der Waals surface area contributed by atoms with Crippen LogP contribution < -0.4 is 4.74 Å². The predicted octanol–water partition coefficient (Wildman–Crippen LogP) is 5.41. The number of benzene rings is 2. The average Bonchev–Trinajstić information content (AvgIpc) is 2.44. The molecule has 21 heavy (non-hydrogen) atoms. The second-order valence-corrected chi connectivity index (χ2v) is 7.27. The summed E-state index contributed by atoms with van der Waals surface area (Å²) in [6.45, 7) is 3.92. The van der Waals surface area contributed by atoms with Crippen molar-refractivity contribution < 1.29 is 9.84 Å². The van der Waals surface area contributed by atoms with E-state index in [2.05, 4.69) is 38.5 Å². The fraction of sp³-hybridized carbons (Fsp3) is 0.250. The van der Waals surface area contributed by atoms with Gasteiger partial charge in [-0.2, -0.15) is 0 Å². The van der Waals surface area contributed by atoms with Crippen LogP contribution in [0.3, 0.4) is 0 Å². The van der Waals surface area contributed by atoms with Crippen molar-refractivity contribution >= 4 is 50.1 Å². The van der Waals surface area contributed by atoms with Gasteiger partial charge in [-0.15, -0.1) is 0 Å².